The number of aromatic amines is 1. The van der Waals surface area contributed by atoms with Crippen molar-refractivity contribution >= 4 is 10.9 Å². The van der Waals surface area contributed by atoms with E-state index in [1.807, 2.05) is 12.1 Å². The molecule has 0 saturated heterocycles. The number of fused-ring (bicyclic) bond motifs is 1. The molecule has 3 rings (SSSR count). The monoisotopic (exact) mass is 217 g/mol. The van der Waals surface area contributed by atoms with Crippen molar-refractivity contribution in [2.24, 2.45) is 0 Å². The average Bonchev–Trinajstić information content (AvgIpc) is 2.74. The molecule has 1 aromatic heterocycles. The van der Waals surface area contributed by atoms with Crippen LogP contribution in [0.2, 0.25) is 0 Å². The fourth-order valence-electron chi connectivity index (χ4n) is 1.85. The topological polar surface area (TPSA) is 15.8 Å². The van der Waals surface area contributed by atoms with E-state index in [9.17, 15) is 0 Å². The molecular formula is C14H12NNa. The van der Waals surface area contributed by atoms with Crippen molar-refractivity contribution in [3.8, 4) is 11.3 Å². The number of H-pyrrole nitrogens is 1. The Morgan fingerprint density at radius 2 is 1.50 bits per heavy atom. The minimum absolute atomic E-state index is 0. The molecule has 0 bridgehead atoms. The third kappa shape index (κ3) is 2.07. The van der Waals surface area contributed by atoms with Crippen LogP contribution in [-0.2, 0) is 0 Å². The van der Waals surface area contributed by atoms with Crippen LogP contribution < -0.4 is 29.6 Å². The van der Waals surface area contributed by atoms with E-state index < -0.39 is 0 Å². The van der Waals surface area contributed by atoms with Crippen molar-refractivity contribution in [2.45, 2.75) is 0 Å². The molecule has 1 heterocycles. The molecule has 2 aromatic carbocycles. The van der Waals surface area contributed by atoms with Crippen molar-refractivity contribution in [2.75, 3.05) is 0 Å². The van der Waals surface area contributed by atoms with Gasteiger partial charge in [-0.1, -0.05) is 48.5 Å². The van der Waals surface area contributed by atoms with Crippen molar-refractivity contribution in [1.82, 2.24) is 4.98 Å². The molecule has 0 atom stereocenters. The smallest absolute Gasteiger partial charge is 1.00 e. The van der Waals surface area contributed by atoms with Crippen molar-refractivity contribution in [1.29, 1.82) is 0 Å². The number of nitrogens with one attached hydrogen (secondary N) is 1. The summed E-state index contributed by atoms with van der Waals surface area (Å²) in [4.78, 5) is 3.41. The van der Waals surface area contributed by atoms with Gasteiger partial charge in [-0.3, -0.25) is 0 Å². The minimum atomic E-state index is 0. The first-order chi connectivity index (χ1) is 7.43. The van der Waals surface area contributed by atoms with Gasteiger partial charge in [0.2, 0.25) is 0 Å². The Hall–Kier alpha value is -1.02. The molecule has 0 aliphatic heterocycles. The fourth-order valence-corrected chi connectivity index (χ4v) is 1.85. The summed E-state index contributed by atoms with van der Waals surface area (Å²) in [6, 6.07) is 20.9. The van der Waals surface area contributed by atoms with Gasteiger partial charge < -0.3 is 6.41 Å². The zero-order chi connectivity index (χ0) is 10.1. The maximum Gasteiger partial charge on any atom is 1.00 e. The van der Waals surface area contributed by atoms with Crippen LogP contribution in [0.15, 0.2) is 60.7 Å². The van der Waals surface area contributed by atoms with Gasteiger partial charge in [0.25, 0.3) is 0 Å². The molecule has 0 aliphatic carbocycles. The third-order valence-electron chi connectivity index (χ3n) is 2.61. The number of hydrogen-bond donors (Lipinski definition) is 1. The summed E-state index contributed by atoms with van der Waals surface area (Å²) in [6.07, 6.45) is 0. The molecule has 0 radical (unpaired) electrons. The number of hydrogen-bond acceptors (Lipinski definition) is 0. The second-order valence-electron chi connectivity index (χ2n) is 3.64. The van der Waals surface area contributed by atoms with Gasteiger partial charge in [0, 0.05) is 16.6 Å². The van der Waals surface area contributed by atoms with Crippen LogP contribution in [-0.4, -0.2) is 4.98 Å². The Morgan fingerprint density at radius 1 is 0.812 bits per heavy atom. The van der Waals surface area contributed by atoms with E-state index in [1.54, 1.807) is 0 Å². The molecular weight excluding hydrogens is 205 g/mol. The van der Waals surface area contributed by atoms with Crippen LogP contribution in [0.5, 0.6) is 0 Å². The van der Waals surface area contributed by atoms with E-state index in [2.05, 4.69) is 53.5 Å². The third-order valence-corrected chi connectivity index (χ3v) is 2.61. The summed E-state index contributed by atoms with van der Waals surface area (Å²) < 4.78 is 0. The summed E-state index contributed by atoms with van der Waals surface area (Å²) in [6.45, 7) is 0. The van der Waals surface area contributed by atoms with Crippen molar-refractivity contribution < 1.29 is 31.0 Å². The first kappa shape index (κ1) is 11.5. The maximum atomic E-state index is 3.41. The second kappa shape index (κ2) is 4.88. The van der Waals surface area contributed by atoms with Gasteiger partial charge in [0.15, 0.2) is 0 Å². The summed E-state index contributed by atoms with van der Waals surface area (Å²) in [5.74, 6) is 0. The van der Waals surface area contributed by atoms with Gasteiger partial charge >= 0.3 is 29.6 Å². The number of rotatable bonds is 1. The summed E-state index contributed by atoms with van der Waals surface area (Å²) >= 11 is 0. The number of para-hydroxylation sites is 1. The number of benzene rings is 2. The first-order valence-electron chi connectivity index (χ1n) is 5.07. The van der Waals surface area contributed by atoms with Crippen molar-refractivity contribution in [3.05, 3.63) is 60.7 Å². The van der Waals surface area contributed by atoms with Crippen LogP contribution in [0.25, 0.3) is 22.2 Å². The van der Waals surface area contributed by atoms with Crippen molar-refractivity contribution in [3.63, 3.8) is 0 Å². The molecule has 0 amide bonds. The van der Waals surface area contributed by atoms with E-state index in [0.29, 0.717) is 0 Å². The summed E-state index contributed by atoms with van der Waals surface area (Å²) in [7, 11) is 0. The van der Waals surface area contributed by atoms with Crippen LogP contribution in [0.3, 0.4) is 0 Å². The summed E-state index contributed by atoms with van der Waals surface area (Å²) in [5.41, 5.74) is 3.60. The SMILES string of the molecule is [H-].[Na+].c1ccc(-c2cc3ccccc3[nH]2)cc1. The van der Waals surface area contributed by atoms with Gasteiger partial charge in [0.05, 0.1) is 0 Å². The summed E-state index contributed by atoms with van der Waals surface area (Å²) in [5, 5.41) is 1.26. The molecule has 0 unspecified atom stereocenters. The van der Waals surface area contributed by atoms with Gasteiger partial charge in [-0.15, -0.1) is 0 Å². The quantitative estimate of drug-likeness (QED) is 0.584. The number of aromatic nitrogens is 1. The van der Waals surface area contributed by atoms with Crippen LogP contribution in [0.4, 0.5) is 0 Å². The Labute approximate surface area is 118 Å². The minimum Gasteiger partial charge on any atom is -1.00 e. The van der Waals surface area contributed by atoms with Crippen LogP contribution in [0.1, 0.15) is 1.43 Å². The van der Waals surface area contributed by atoms with Gasteiger partial charge in [-0.25, -0.2) is 0 Å². The zero-order valence-electron chi connectivity index (χ0n) is 10.3. The van der Waals surface area contributed by atoms with Gasteiger partial charge in [-0.2, -0.15) is 0 Å². The predicted octanol–water partition coefficient (Wildman–Crippen LogP) is 0.951. The zero-order valence-corrected chi connectivity index (χ0v) is 11.3. The molecule has 0 spiro atoms. The van der Waals surface area contributed by atoms with E-state index in [1.165, 1.54) is 22.2 Å². The normalized spacial score (nSPS) is 10.0. The second-order valence-corrected chi connectivity index (χ2v) is 3.64. The average molecular weight is 217 g/mol. The fraction of sp³-hybridized carbons (Fsp3) is 0. The molecule has 0 saturated carbocycles. The maximum absolute atomic E-state index is 3.41. The van der Waals surface area contributed by atoms with Gasteiger partial charge in [0.1, 0.15) is 0 Å². The standard InChI is InChI=1S/C14H11N.Na.H/c1-2-6-11(7-3-1)14-10-12-8-4-5-9-13(12)15-14;;/h1-10,15H;;/q;+1;-1. The molecule has 1 nitrogen and oxygen atoms in total. The van der Waals surface area contributed by atoms with E-state index in [0.717, 1.165) is 0 Å². The molecule has 2 heteroatoms. The van der Waals surface area contributed by atoms with E-state index >= 15 is 0 Å². The Balaban J connectivity index is 0.000000722. The molecule has 0 fully saturated rings. The predicted molar refractivity (Wildman–Crippen MR) is 64.8 cm³/mol. The molecule has 16 heavy (non-hydrogen) atoms. The largest absolute Gasteiger partial charge is 1.00 e. The Kier molecular flexibility index (Phi) is 3.49. The Bertz CT molecular complexity index is 556. The van der Waals surface area contributed by atoms with E-state index in [4.69, 9.17) is 0 Å². The van der Waals surface area contributed by atoms with Gasteiger partial charge in [-0.05, 0) is 17.7 Å². The Morgan fingerprint density at radius 3 is 2.25 bits per heavy atom. The van der Waals surface area contributed by atoms with Crippen LogP contribution >= 0.6 is 0 Å². The molecule has 3 aromatic rings. The van der Waals surface area contributed by atoms with Crippen LogP contribution in [0, 0.1) is 0 Å². The molecule has 1 N–H and O–H groups in total. The molecule has 0 aliphatic rings. The molecule has 74 valence electrons. The first-order valence-corrected chi connectivity index (χ1v) is 5.07. The van der Waals surface area contributed by atoms with E-state index in [-0.39, 0.29) is 31.0 Å².